The second kappa shape index (κ2) is 49.4. The molecule has 0 saturated carbocycles. The molecule has 0 bridgehead atoms. The molecule has 0 amide bonds. The number of hydrogen-bond acceptors (Lipinski definition) is 3. The molecule has 0 atom stereocenters. The Morgan fingerprint density at radius 3 is 0.592 bits per heavy atom. The molecule has 0 aliphatic rings. The summed E-state index contributed by atoms with van der Waals surface area (Å²) >= 11 is 0. The number of esters is 2. The summed E-state index contributed by atoms with van der Waals surface area (Å²) in [5.41, 5.74) is 0. The van der Waals surface area contributed by atoms with Gasteiger partial charge in [0.1, 0.15) is 0 Å². The number of rotatable bonds is 40. The third kappa shape index (κ3) is 49.4. The van der Waals surface area contributed by atoms with E-state index >= 15 is 0 Å². The number of hydrogen-bond donors (Lipinski definition) is 0. The molecule has 286 valence electrons. The fraction of sp³-hybridized carbons (Fsp3) is 0.955. The zero-order chi connectivity index (χ0) is 34.1. The standard InChI is InChI=1S/C44H86O3.Ca.Na.3H/c1-3-5-7-9-11-13-15-17-19-21-23-25-27-29-31-33-35-37-39-41-43(45)47-44(46)42-40-38-36-34-32-30-28-26-24-22-20-18-16-14-12-10-8-6-4-2;;;;;/h3-42H2,1-2H3;;;;;. The van der Waals surface area contributed by atoms with Gasteiger partial charge in [-0.15, -0.1) is 0 Å². The van der Waals surface area contributed by atoms with Gasteiger partial charge in [-0.25, -0.2) is 0 Å². The molecule has 5 heteroatoms. The molecular formula is C44H89CaNaO3. The Morgan fingerprint density at radius 1 is 0.286 bits per heavy atom. The number of unbranched alkanes of at least 4 members (excludes halogenated alkanes) is 36. The average molecular weight is 729 g/mol. The zero-order valence-corrected chi connectivity index (χ0v) is 32.5. The van der Waals surface area contributed by atoms with Crippen LogP contribution in [-0.2, 0) is 14.3 Å². The Balaban J connectivity index is -0.0000106. The van der Waals surface area contributed by atoms with E-state index in [1.807, 2.05) is 0 Å². The fourth-order valence-corrected chi connectivity index (χ4v) is 6.92. The molecular weight excluding hydrogens is 640 g/mol. The molecule has 0 spiro atoms. The van der Waals surface area contributed by atoms with Crippen molar-refractivity contribution in [3.05, 3.63) is 0 Å². The molecule has 49 heavy (non-hydrogen) atoms. The summed E-state index contributed by atoms with van der Waals surface area (Å²) in [4.78, 5) is 24.0. The maximum atomic E-state index is 12.0. The number of carbonyl (C=O) groups excluding carboxylic acids is 2. The molecule has 0 aromatic rings. The Hall–Kier alpha value is 1.40. The average Bonchev–Trinajstić information content (AvgIpc) is 3.06. The van der Waals surface area contributed by atoms with E-state index in [4.69, 9.17) is 4.74 Å². The van der Waals surface area contributed by atoms with E-state index in [2.05, 4.69) is 13.8 Å². The van der Waals surface area contributed by atoms with Crippen LogP contribution in [0, 0.1) is 0 Å². The summed E-state index contributed by atoms with van der Waals surface area (Å²) in [7, 11) is 0. The van der Waals surface area contributed by atoms with Crippen molar-refractivity contribution < 1.29 is 14.3 Å². The van der Waals surface area contributed by atoms with Crippen molar-refractivity contribution >= 4 is 79.2 Å². The number of carbonyl (C=O) groups is 2. The summed E-state index contributed by atoms with van der Waals surface area (Å²) in [5.74, 6) is -0.639. The van der Waals surface area contributed by atoms with Crippen LogP contribution in [0.4, 0.5) is 0 Å². The molecule has 0 saturated heterocycles. The Morgan fingerprint density at radius 2 is 0.429 bits per heavy atom. The van der Waals surface area contributed by atoms with Gasteiger partial charge in [0.05, 0.1) is 0 Å². The van der Waals surface area contributed by atoms with E-state index in [0.29, 0.717) is 12.8 Å². The van der Waals surface area contributed by atoms with E-state index in [0.717, 1.165) is 25.7 Å². The first kappa shape index (κ1) is 54.7. The molecule has 0 aliphatic carbocycles. The predicted octanol–water partition coefficient (Wildman–Crippen LogP) is 14.1. The fourth-order valence-electron chi connectivity index (χ4n) is 6.92. The first-order valence-electron chi connectivity index (χ1n) is 21.9. The summed E-state index contributed by atoms with van der Waals surface area (Å²) < 4.78 is 5.05. The molecule has 3 nitrogen and oxygen atoms in total. The van der Waals surface area contributed by atoms with Crippen molar-refractivity contribution in [3.63, 3.8) is 0 Å². The van der Waals surface area contributed by atoms with E-state index < -0.39 is 0 Å². The zero-order valence-electron chi connectivity index (χ0n) is 32.5. The van der Waals surface area contributed by atoms with Crippen molar-refractivity contribution in [2.45, 2.75) is 271 Å². The molecule has 0 aliphatic heterocycles. The van der Waals surface area contributed by atoms with Crippen molar-refractivity contribution in [2.24, 2.45) is 0 Å². The summed E-state index contributed by atoms with van der Waals surface area (Å²) in [5, 5.41) is 0. The normalized spacial score (nSPS) is 10.9. The molecule has 0 heterocycles. The molecule has 0 radical (unpaired) electrons. The molecule has 0 rings (SSSR count). The van der Waals surface area contributed by atoms with Gasteiger partial charge in [-0.1, -0.05) is 245 Å². The molecule has 0 unspecified atom stereocenters. The van der Waals surface area contributed by atoms with Gasteiger partial charge in [0, 0.05) is 12.8 Å². The van der Waals surface area contributed by atoms with Gasteiger partial charge in [-0.3, -0.25) is 9.59 Å². The SMILES string of the molecule is CCCCCCCCCCCCCCCCCCCCCC(=O)OC(=O)CCCCCCCCCCCCCCCCCCCCC.[CaH2].[NaH]. The van der Waals surface area contributed by atoms with Crippen LogP contribution in [0.5, 0.6) is 0 Å². The summed E-state index contributed by atoms with van der Waals surface area (Å²) in [6, 6.07) is 0. The van der Waals surface area contributed by atoms with Gasteiger partial charge in [0.15, 0.2) is 0 Å². The molecule has 0 aromatic heterocycles. The molecule has 0 aromatic carbocycles. The first-order chi connectivity index (χ1) is 23.2. The van der Waals surface area contributed by atoms with Crippen LogP contribution in [0.2, 0.25) is 0 Å². The van der Waals surface area contributed by atoms with Crippen LogP contribution >= 0.6 is 0 Å². The monoisotopic (exact) mass is 729 g/mol. The van der Waals surface area contributed by atoms with Crippen LogP contribution in [0.1, 0.15) is 271 Å². The molecule has 0 fully saturated rings. The summed E-state index contributed by atoms with van der Waals surface area (Å²) in [6.07, 6.45) is 51.9. The van der Waals surface area contributed by atoms with E-state index in [1.165, 1.54) is 218 Å². The van der Waals surface area contributed by atoms with Gasteiger partial charge < -0.3 is 4.74 Å². The van der Waals surface area contributed by atoms with Crippen LogP contribution < -0.4 is 0 Å². The van der Waals surface area contributed by atoms with Crippen molar-refractivity contribution in [1.29, 1.82) is 0 Å². The van der Waals surface area contributed by atoms with Crippen molar-refractivity contribution in [1.82, 2.24) is 0 Å². The third-order valence-corrected chi connectivity index (χ3v) is 10.2. The van der Waals surface area contributed by atoms with Crippen molar-refractivity contribution in [3.8, 4) is 0 Å². The Labute approximate surface area is 360 Å². The Kier molecular flexibility index (Phi) is 55.2. The second-order valence-corrected chi connectivity index (χ2v) is 15.1. The molecule has 0 N–H and O–H groups in total. The maximum absolute atomic E-state index is 12.0. The predicted molar refractivity (Wildman–Crippen MR) is 223 cm³/mol. The van der Waals surface area contributed by atoms with E-state index in [-0.39, 0.29) is 79.2 Å². The van der Waals surface area contributed by atoms with Gasteiger partial charge >= 0.3 is 79.2 Å². The van der Waals surface area contributed by atoms with Gasteiger partial charge in [0.25, 0.3) is 0 Å². The quantitative estimate of drug-likeness (QED) is 0.0273. The minimum atomic E-state index is -0.320. The minimum absolute atomic E-state index is 0. The van der Waals surface area contributed by atoms with Crippen LogP contribution in [-0.4, -0.2) is 79.2 Å². The van der Waals surface area contributed by atoms with Crippen molar-refractivity contribution in [2.75, 3.05) is 0 Å². The van der Waals surface area contributed by atoms with Gasteiger partial charge in [-0.2, -0.15) is 0 Å². The van der Waals surface area contributed by atoms with Crippen LogP contribution in [0.3, 0.4) is 0 Å². The van der Waals surface area contributed by atoms with Crippen LogP contribution in [0.25, 0.3) is 0 Å². The van der Waals surface area contributed by atoms with Gasteiger partial charge in [0.2, 0.25) is 0 Å². The second-order valence-electron chi connectivity index (χ2n) is 15.1. The topological polar surface area (TPSA) is 43.4 Å². The van der Waals surface area contributed by atoms with E-state index in [1.54, 1.807) is 0 Å². The van der Waals surface area contributed by atoms with Gasteiger partial charge in [-0.05, 0) is 12.8 Å². The summed E-state index contributed by atoms with van der Waals surface area (Å²) in [6.45, 7) is 4.58. The Bertz CT molecular complexity index is 577. The van der Waals surface area contributed by atoms with E-state index in [9.17, 15) is 9.59 Å². The third-order valence-electron chi connectivity index (χ3n) is 10.2. The number of ether oxygens (including phenoxy) is 1. The van der Waals surface area contributed by atoms with Crippen LogP contribution in [0.15, 0.2) is 0 Å². The first-order valence-corrected chi connectivity index (χ1v) is 21.9.